The van der Waals surface area contributed by atoms with E-state index in [1.165, 1.54) is 31.1 Å². The lowest BCUT2D eigenvalue weighted by molar-refractivity contribution is 0.120. The number of hydrogen-bond donors (Lipinski definition) is 1. The molecule has 0 aliphatic carbocycles. The van der Waals surface area contributed by atoms with Gasteiger partial charge < -0.3 is 19.0 Å². The molecule has 32 heavy (non-hydrogen) atoms. The molecule has 2 saturated heterocycles. The first kappa shape index (κ1) is 21.3. The average Bonchev–Trinajstić information content (AvgIpc) is 3.28. The Balaban J connectivity index is 1.17. The second-order valence-corrected chi connectivity index (χ2v) is 8.95. The average molecular weight is 442 g/mol. The molecule has 0 radical (unpaired) electrons. The molecule has 0 saturated carbocycles. The summed E-state index contributed by atoms with van der Waals surface area (Å²) < 4.78 is 16.2. The Bertz CT molecular complexity index is 994. The van der Waals surface area contributed by atoms with Gasteiger partial charge in [0.25, 0.3) is 0 Å². The van der Waals surface area contributed by atoms with E-state index in [1.54, 1.807) is 0 Å². The number of rotatable bonds is 6. The van der Waals surface area contributed by atoms with E-state index in [0.29, 0.717) is 24.2 Å². The summed E-state index contributed by atoms with van der Waals surface area (Å²) in [5, 5.41) is 10.8. The van der Waals surface area contributed by atoms with Crippen molar-refractivity contribution in [3.63, 3.8) is 0 Å². The third-order valence-electron chi connectivity index (χ3n) is 6.68. The van der Waals surface area contributed by atoms with Crippen molar-refractivity contribution in [2.75, 3.05) is 46.1 Å². The van der Waals surface area contributed by atoms with Crippen LogP contribution in [0.4, 0.5) is 0 Å². The van der Waals surface area contributed by atoms with Crippen LogP contribution in [0.5, 0.6) is 17.2 Å². The van der Waals surface area contributed by atoms with Gasteiger partial charge in [-0.25, -0.2) is 4.79 Å². The maximum Gasteiger partial charge on any atom is 0.343 e. The number of fused-ring (bicyclic) bond motifs is 1. The monoisotopic (exact) mass is 441 g/mol. The van der Waals surface area contributed by atoms with Crippen LogP contribution in [0.15, 0.2) is 33.7 Å². The SMILES string of the molecule is O=c1occ(CN2CCCCC2)c(O)c1CN1CCN(Cc2ccc3c(c2)OCO3)CC1. The van der Waals surface area contributed by atoms with Crippen molar-refractivity contribution in [3.8, 4) is 17.2 Å². The summed E-state index contributed by atoms with van der Waals surface area (Å²) in [5.41, 5.74) is 1.85. The molecular weight excluding hydrogens is 410 g/mol. The van der Waals surface area contributed by atoms with Gasteiger partial charge in [-0.3, -0.25) is 14.7 Å². The molecule has 3 aliphatic heterocycles. The van der Waals surface area contributed by atoms with Crippen LogP contribution in [0.2, 0.25) is 0 Å². The van der Waals surface area contributed by atoms with E-state index >= 15 is 0 Å². The molecule has 8 heteroatoms. The summed E-state index contributed by atoms with van der Waals surface area (Å²) in [4.78, 5) is 19.3. The summed E-state index contributed by atoms with van der Waals surface area (Å²) in [6.07, 6.45) is 5.05. The van der Waals surface area contributed by atoms with Gasteiger partial charge in [0, 0.05) is 51.4 Å². The first-order chi connectivity index (χ1) is 15.7. The summed E-state index contributed by atoms with van der Waals surface area (Å²) in [5.74, 6) is 1.72. The lowest BCUT2D eigenvalue weighted by atomic mass is 10.1. The van der Waals surface area contributed by atoms with Gasteiger partial charge in [-0.05, 0) is 43.6 Å². The predicted molar refractivity (Wildman–Crippen MR) is 119 cm³/mol. The van der Waals surface area contributed by atoms with Crippen LogP contribution in [0.25, 0.3) is 0 Å². The third-order valence-corrected chi connectivity index (χ3v) is 6.68. The molecule has 2 aromatic rings. The van der Waals surface area contributed by atoms with Crippen molar-refractivity contribution in [1.82, 2.24) is 14.7 Å². The Morgan fingerprint density at radius 3 is 2.28 bits per heavy atom. The smallest absolute Gasteiger partial charge is 0.343 e. The van der Waals surface area contributed by atoms with Gasteiger partial charge in [0.05, 0.1) is 5.56 Å². The number of aromatic hydroxyl groups is 1. The maximum absolute atomic E-state index is 12.4. The minimum absolute atomic E-state index is 0.106. The molecule has 0 atom stereocenters. The summed E-state index contributed by atoms with van der Waals surface area (Å²) in [6.45, 7) is 7.70. The van der Waals surface area contributed by atoms with Crippen LogP contribution in [-0.2, 0) is 19.6 Å². The number of likely N-dealkylation sites (tertiary alicyclic amines) is 1. The summed E-state index contributed by atoms with van der Waals surface area (Å²) in [7, 11) is 0. The van der Waals surface area contributed by atoms with Gasteiger partial charge in [0.2, 0.25) is 6.79 Å². The fraction of sp³-hybridized carbons (Fsp3) is 0.542. The molecule has 4 heterocycles. The molecule has 8 nitrogen and oxygen atoms in total. The minimum Gasteiger partial charge on any atom is -0.507 e. The number of benzene rings is 1. The predicted octanol–water partition coefficient (Wildman–Crippen LogP) is 2.38. The highest BCUT2D eigenvalue weighted by atomic mass is 16.7. The van der Waals surface area contributed by atoms with Gasteiger partial charge in [0.1, 0.15) is 12.0 Å². The van der Waals surface area contributed by atoms with E-state index in [4.69, 9.17) is 13.9 Å². The van der Waals surface area contributed by atoms with Gasteiger partial charge >= 0.3 is 5.63 Å². The molecule has 172 valence electrons. The first-order valence-corrected chi connectivity index (χ1v) is 11.5. The number of hydrogen-bond acceptors (Lipinski definition) is 8. The van der Waals surface area contributed by atoms with Crippen molar-refractivity contribution in [2.45, 2.75) is 38.9 Å². The molecule has 1 aromatic carbocycles. The maximum atomic E-state index is 12.4. The highest BCUT2D eigenvalue weighted by Crippen LogP contribution is 2.33. The standard InChI is InChI=1S/C24H31N3O5/c28-23-19(14-25-6-2-1-3-7-25)16-30-24(29)20(23)15-27-10-8-26(9-11-27)13-18-4-5-21-22(12-18)32-17-31-21/h4-5,12,16,28H,1-3,6-11,13-15,17H2. The van der Waals surface area contributed by atoms with Crippen LogP contribution in [0.1, 0.15) is 36.0 Å². The Hall–Kier alpha value is -2.55. The molecule has 0 amide bonds. The van der Waals surface area contributed by atoms with Crippen LogP contribution < -0.4 is 15.1 Å². The quantitative estimate of drug-likeness (QED) is 0.732. The van der Waals surface area contributed by atoms with Gasteiger partial charge in [-0.1, -0.05) is 12.5 Å². The third kappa shape index (κ3) is 4.77. The topological polar surface area (TPSA) is 78.6 Å². The van der Waals surface area contributed by atoms with Gasteiger partial charge in [-0.2, -0.15) is 0 Å². The summed E-state index contributed by atoms with van der Waals surface area (Å²) >= 11 is 0. The molecule has 1 N–H and O–H groups in total. The second kappa shape index (κ2) is 9.52. The highest BCUT2D eigenvalue weighted by Gasteiger charge is 2.23. The first-order valence-electron chi connectivity index (χ1n) is 11.5. The number of piperazine rings is 1. The zero-order chi connectivity index (χ0) is 21.9. The summed E-state index contributed by atoms with van der Waals surface area (Å²) in [6, 6.07) is 6.09. The van der Waals surface area contributed by atoms with E-state index in [0.717, 1.165) is 57.3 Å². The lowest BCUT2D eigenvalue weighted by Crippen LogP contribution is -2.45. The minimum atomic E-state index is -0.437. The molecule has 2 fully saturated rings. The van der Waals surface area contributed by atoms with E-state index in [-0.39, 0.29) is 12.5 Å². The van der Waals surface area contributed by atoms with Crippen molar-refractivity contribution >= 4 is 0 Å². The fourth-order valence-corrected chi connectivity index (χ4v) is 4.78. The number of ether oxygens (including phenoxy) is 2. The second-order valence-electron chi connectivity index (χ2n) is 8.95. The Kier molecular flexibility index (Phi) is 6.34. The van der Waals surface area contributed by atoms with Crippen LogP contribution in [0, 0.1) is 0 Å². The largest absolute Gasteiger partial charge is 0.507 e. The Morgan fingerprint density at radius 2 is 1.50 bits per heavy atom. The van der Waals surface area contributed by atoms with Crippen molar-refractivity contribution < 1.29 is 19.0 Å². The van der Waals surface area contributed by atoms with Crippen molar-refractivity contribution in [1.29, 1.82) is 0 Å². The number of nitrogens with zero attached hydrogens (tertiary/aromatic N) is 3. The van der Waals surface area contributed by atoms with Crippen molar-refractivity contribution in [2.24, 2.45) is 0 Å². The van der Waals surface area contributed by atoms with Crippen LogP contribution in [-0.4, -0.2) is 65.9 Å². The molecule has 3 aliphatic rings. The number of piperidine rings is 1. The van der Waals surface area contributed by atoms with E-state index in [2.05, 4.69) is 20.8 Å². The van der Waals surface area contributed by atoms with Gasteiger partial charge in [-0.15, -0.1) is 0 Å². The highest BCUT2D eigenvalue weighted by molar-refractivity contribution is 5.44. The van der Waals surface area contributed by atoms with Crippen molar-refractivity contribution in [3.05, 3.63) is 51.6 Å². The van der Waals surface area contributed by atoms with E-state index in [1.807, 2.05) is 12.1 Å². The van der Waals surface area contributed by atoms with Gasteiger partial charge in [0.15, 0.2) is 11.5 Å². The van der Waals surface area contributed by atoms with Crippen LogP contribution >= 0.6 is 0 Å². The lowest BCUT2D eigenvalue weighted by Gasteiger charge is -2.34. The Labute approximate surface area is 187 Å². The Morgan fingerprint density at radius 1 is 0.812 bits per heavy atom. The zero-order valence-corrected chi connectivity index (χ0v) is 18.4. The van der Waals surface area contributed by atoms with Crippen LogP contribution in [0.3, 0.4) is 0 Å². The normalized spacial score (nSPS) is 20.0. The fourth-order valence-electron chi connectivity index (χ4n) is 4.78. The molecule has 5 rings (SSSR count). The molecule has 0 spiro atoms. The van der Waals surface area contributed by atoms with E-state index in [9.17, 15) is 9.90 Å². The molecule has 0 unspecified atom stereocenters. The molecule has 0 bridgehead atoms. The molecule has 1 aromatic heterocycles. The van der Waals surface area contributed by atoms with E-state index < -0.39 is 5.63 Å². The molecular formula is C24H31N3O5. The zero-order valence-electron chi connectivity index (χ0n) is 18.4.